The third kappa shape index (κ3) is 7.67. The van der Waals surface area contributed by atoms with Crippen LogP contribution < -0.4 is 0 Å². The zero-order valence-electron chi connectivity index (χ0n) is 22.9. The molecule has 0 aliphatic rings. The predicted octanol–water partition coefficient (Wildman–Crippen LogP) is 6.42. The molecule has 5 N–H and O–H groups in total. The van der Waals surface area contributed by atoms with Gasteiger partial charge < -0.3 is 25.5 Å². The normalized spacial score (nSPS) is 9.66. The van der Waals surface area contributed by atoms with Gasteiger partial charge in [0, 0.05) is 25.8 Å². The average Bonchev–Trinajstić information content (AvgIpc) is 3.02. The van der Waals surface area contributed by atoms with Crippen molar-refractivity contribution in [1.29, 1.82) is 0 Å². The van der Waals surface area contributed by atoms with Crippen molar-refractivity contribution in [3.63, 3.8) is 0 Å². The zero-order valence-corrected chi connectivity index (χ0v) is 25.0. The average molecular weight is 684 g/mol. The van der Waals surface area contributed by atoms with Gasteiger partial charge in [-0.2, -0.15) is 0 Å². The Labute approximate surface area is 268 Å². The summed E-state index contributed by atoms with van der Waals surface area (Å²) in [6, 6.07) is 26.4. The van der Waals surface area contributed by atoms with E-state index < -0.39 is 0 Å². The molecule has 0 atom stereocenters. The lowest BCUT2D eigenvalue weighted by molar-refractivity contribution is 0.457. The second-order valence-electron chi connectivity index (χ2n) is 9.41. The Bertz CT molecular complexity index is 1980. The van der Waals surface area contributed by atoms with Crippen LogP contribution in [0.1, 0.15) is 44.5 Å². The molecule has 5 rings (SSSR count). The summed E-state index contributed by atoms with van der Waals surface area (Å²) in [7, 11) is 0. The van der Waals surface area contributed by atoms with Crippen LogP contribution >= 0.6 is 22.6 Å². The summed E-state index contributed by atoms with van der Waals surface area (Å²) in [6.45, 7) is 0. The minimum Gasteiger partial charge on any atom is -0.508 e. The predicted molar refractivity (Wildman–Crippen MR) is 177 cm³/mol. The fraction of sp³-hybridized carbons (Fsp3) is 0. The summed E-state index contributed by atoms with van der Waals surface area (Å²) in [5, 5.41) is 50.5. The molecule has 0 amide bonds. The van der Waals surface area contributed by atoms with Crippen LogP contribution in [0.3, 0.4) is 0 Å². The van der Waals surface area contributed by atoms with E-state index in [1.807, 2.05) is 18.2 Å². The number of phenols is 5. The summed E-state index contributed by atoms with van der Waals surface area (Å²) in [5.74, 6) is 23.4. The Morgan fingerprint density at radius 3 is 1.18 bits per heavy atom. The minimum absolute atomic E-state index is 0.0131. The zero-order chi connectivity index (χ0) is 31.1. The lowest BCUT2D eigenvalue weighted by Crippen LogP contribution is -1.85. The molecule has 0 spiro atoms. The molecule has 0 fully saturated rings. The van der Waals surface area contributed by atoms with Crippen LogP contribution in [0.15, 0.2) is 97.1 Å². The first kappa shape index (κ1) is 29.6. The summed E-state index contributed by atoms with van der Waals surface area (Å²) >= 11 is 2.16. The molecule has 0 aliphatic carbocycles. The second-order valence-corrected chi connectivity index (χ2v) is 10.7. The van der Waals surface area contributed by atoms with Crippen LogP contribution in [0, 0.1) is 50.9 Å². The van der Waals surface area contributed by atoms with Gasteiger partial charge in [0.25, 0.3) is 0 Å². The largest absolute Gasteiger partial charge is 0.508 e. The van der Waals surface area contributed by atoms with Gasteiger partial charge in [-0.15, -0.1) is 0 Å². The molecule has 0 radical (unpaired) electrons. The first-order chi connectivity index (χ1) is 21.2. The highest BCUT2D eigenvalue weighted by Gasteiger charge is 2.07. The topological polar surface area (TPSA) is 101 Å². The fourth-order valence-electron chi connectivity index (χ4n) is 3.87. The number of rotatable bonds is 0. The lowest BCUT2D eigenvalue weighted by Gasteiger charge is -2.02. The number of halogens is 1. The van der Waals surface area contributed by atoms with E-state index in [1.165, 1.54) is 30.3 Å². The van der Waals surface area contributed by atoms with Crippen molar-refractivity contribution in [2.75, 3.05) is 0 Å². The van der Waals surface area contributed by atoms with Crippen LogP contribution in [0.2, 0.25) is 0 Å². The molecule has 0 unspecified atom stereocenters. The van der Waals surface area contributed by atoms with Crippen molar-refractivity contribution >= 4 is 22.6 Å². The van der Waals surface area contributed by atoms with Gasteiger partial charge in [-0.05, 0) is 120 Å². The van der Waals surface area contributed by atoms with E-state index in [0.717, 1.165) is 9.13 Å². The molecule has 5 nitrogen and oxygen atoms in total. The third-order valence-corrected chi connectivity index (χ3v) is 6.84. The van der Waals surface area contributed by atoms with Gasteiger partial charge >= 0.3 is 0 Å². The summed E-state index contributed by atoms with van der Waals surface area (Å²) in [5.41, 5.74) is 4.10. The Kier molecular flexibility index (Phi) is 8.98. The van der Waals surface area contributed by atoms with Crippen molar-refractivity contribution in [3.05, 3.63) is 145 Å². The first-order valence-corrected chi connectivity index (χ1v) is 14.2. The molecule has 0 saturated carbocycles. The molecule has 0 aromatic heterocycles. The maximum atomic E-state index is 10.8. The van der Waals surface area contributed by atoms with Crippen LogP contribution in [-0.2, 0) is 0 Å². The molecule has 0 aliphatic heterocycles. The second kappa shape index (κ2) is 13.4. The lowest BCUT2D eigenvalue weighted by atomic mass is 10.1. The van der Waals surface area contributed by atoms with Crippen molar-refractivity contribution in [1.82, 2.24) is 0 Å². The Morgan fingerprint density at radius 1 is 0.364 bits per heavy atom. The highest BCUT2D eigenvalue weighted by atomic mass is 127. The van der Waals surface area contributed by atoms with Gasteiger partial charge in [0.15, 0.2) is 0 Å². The number of hydrogen-bond acceptors (Lipinski definition) is 5. The third-order valence-electron chi connectivity index (χ3n) is 6.17. The molecule has 0 heterocycles. The van der Waals surface area contributed by atoms with E-state index in [-0.39, 0.29) is 39.9 Å². The van der Waals surface area contributed by atoms with E-state index in [1.54, 1.807) is 48.5 Å². The van der Waals surface area contributed by atoms with E-state index >= 15 is 0 Å². The minimum atomic E-state index is -0.143. The van der Waals surface area contributed by atoms with Gasteiger partial charge in [-0.25, -0.2) is 0 Å². The molecular weight excluding hydrogens is 663 g/mol. The van der Waals surface area contributed by atoms with E-state index in [2.05, 4.69) is 70.0 Å². The molecule has 5 aromatic rings. The smallest absolute Gasteiger partial charge is 0.147 e. The highest BCUT2D eigenvalue weighted by Crippen LogP contribution is 2.27. The van der Waals surface area contributed by atoms with Crippen LogP contribution in [0.5, 0.6) is 28.7 Å². The molecule has 0 bridgehead atoms. The van der Waals surface area contributed by atoms with Crippen LogP contribution in [0.25, 0.3) is 0 Å². The maximum Gasteiger partial charge on any atom is 0.147 e. The molecule has 5 aromatic carbocycles. The van der Waals surface area contributed by atoms with Crippen molar-refractivity contribution in [3.8, 4) is 76.1 Å². The van der Waals surface area contributed by atoms with Gasteiger partial charge in [0.2, 0.25) is 0 Å². The van der Waals surface area contributed by atoms with Crippen molar-refractivity contribution in [2.24, 2.45) is 0 Å². The van der Waals surface area contributed by atoms with Gasteiger partial charge in [-0.1, -0.05) is 47.4 Å². The molecular formula is C38H21IO5. The van der Waals surface area contributed by atoms with Gasteiger partial charge in [0.1, 0.15) is 28.7 Å². The van der Waals surface area contributed by atoms with E-state index in [4.69, 9.17) is 0 Å². The highest BCUT2D eigenvalue weighted by molar-refractivity contribution is 14.1. The quantitative estimate of drug-likeness (QED) is 0.0737. The number of phenolic OH excluding ortho intramolecular Hbond substituents is 5. The van der Waals surface area contributed by atoms with Crippen molar-refractivity contribution < 1.29 is 25.5 Å². The first-order valence-electron chi connectivity index (χ1n) is 13.1. The standard InChI is InChI=1S/C38H21IO5/c39-33-17-19-36(42)29(21-33)13-9-25-1-5-27(6-2-25)11-15-31-23-35(41)24-32(38(31)44)16-12-28-7-3-26(4-8-28)10-14-30-22-34(40)18-20-37(30)43/h1-8,17-24,40-44H. The Balaban J connectivity index is 1.31. The van der Waals surface area contributed by atoms with Gasteiger partial charge in [0.05, 0.1) is 22.3 Å². The van der Waals surface area contributed by atoms with E-state index in [9.17, 15) is 25.5 Å². The number of aromatic hydroxyl groups is 5. The van der Waals surface area contributed by atoms with E-state index in [0.29, 0.717) is 27.8 Å². The molecule has 0 saturated heterocycles. The molecule has 6 heteroatoms. The fourth-order valence-corrected chi connectivity index (χ4v) is 4.37. The molecule has 44 heavy (non-hydrogen) atoms. The summed E-state index contributed by atoms with van der Waals surface area (Å²) in [6.07, 6.45) is 0. The number of hydrogen-bond donors (Lipinski definition) is 5. The van der Waals surface area contributed by atoms with Crippen LogP contribution in [-0.4, -0.2) is 25.5 Å². The molecule has 210 valence electrons. The SMILES string of the molecule is Oc1ccc(O)c(C#Cc2ccc(C#Cc3cc(O)cc(C#Cc4ccc(C#Cc5cc(I)ccc5O)cc4)c3O)cc2)c1. The summed E-state index contributed by atoms with van der Waals surface area (Å²) in [4.78, 5) is 0. The monoisotopic (exact) mass is 684 g/mol. The Hall–Kier alpha value is -5.93. The number of benzene rings is 5. The Morgan fingerprint density at radius 2 is 0.727 bits per heavy atom. The maximum absolute atomic E-state index is 10.8. The van der Waals surface area contributed by atoms with Crippen LogP contribution in [0.4, 0.5) is 0 Å². The van der Waals surface area contributed by atoms with Crippen molar-refractivity contribution in [2.45, 2.75) is 0 Å². The summed E-state index contributed by atoms with van der Waals surface area (Å²) < 4.78 is 0.977. The van der Waals surface area contributed by atoms with Gasteiger partial charge in [-0.3, -0.25) is 0 Å².